The van der Waals surface area contributed by atoms with Crippen LogP contribution < -0.4 is 5.73 Å². The minimum Gasteiger partial charge on any atom is -0.383 e. The number of likely N-dealkylation sites (tertiary alicyclic amines) is 1. The number of benzene rings is 1. The first kappa shape index (κ1) is 20.3. The first-order valence-corrected chi connectivity index (χ1v) is 11.1. The number of aromatic nitrogens is 1. The second-order valence-corrected chi connectivity index (χ2v) is 9.08. The van der Waals surface area contributed by atoms with E-state index < -0.39 is 0 Å². The number of thiophene rings is 1. The summed E-state index contributed by atoms with van der Waals surface area (Å²) < 4.78 is 1.03. The predicted octanol–water partition coefficient (Wildman–Crippen LogP) is 3.78. The quantitative estimate of drug-likeness (QED) is 0.679. The molecule has 2 N–H and O–H groups in total. The maximum Gasteiger partial charge on any atom is 0.254 e. The van der Waals surface area contributed by atoms with E-state index in [1.54, 1.807) is 34.6 Å². The van der Waals surface area contributed by atoms with Gasteiger partial charge in [-0.05, 0) is 43.0 Å². The number of carbonyl (C=O) groups is 2. The van der Waals surface area contributed by atoms with Gasteiger partial charge in [-0.15, -0.1) is 11.3 Å². The molecule has 156 valence electrons. The van der Waals surface area contributed by atoms with Crippen molar-refractivity contribution >= 4 is 39.1 Å². The molecule has 4 rings (SSSR count). The SMILES string of the molecule is CC1CCN(C(=O)CN(Cc2cc3c(N)nccc3s2)C(=O)c2ccccc2)CC1. The van der Waals surface area contributed by atoms with E-state index in [4.69, 9.17) is 5.73 Å². The lowest BCUT2D eigenvalue weighted by atomic mass is 9.99. The number of nitrogen functional groups attached to an aromatic ring is 1. The van der Waals surface area contributed by atoms with Gasteiger partial charge in [0.15, 0.2) is 0 Å². The van der Waals surface area contributed by atoms with Gasteiger partial charge in [-0.1, -0.05) is 25.1 Å². The van der Waals surface area contributed by atoms with E-state index in [0.717, 1.165) is 40.9 Å². The monoisotopic (exact) mass is 422 g/mol. The molecule has 1 aromatic carbocycles. The second-order valence-electron chi connectivity index (χ2n) is 7.91. The van der Waals surface area contributed by atoms with Gasteiger partial charge in [0.1, 0.15) is 12.4 Å². The van der Waals surface area contributed by atoms with Crippen molar-refractivity contribution in [3.8, 4) is 0 Å². The third kappa shape index (κ3) is 4.46. The fourth-order valence-electron chi connectivity index (χ4n) is 3.79. The molecular weight excluding hydrogens is 396 g/mol. The van der Waals surface area contributed by atoms with Crippen LogP contribution in [0.4, 0.5) is 5.82 Å². The van der Waals surface area contributed by atoms with E-state index in [0.29, 0.717) is 23.8 Å². The normalized spacial score (nSPS) is 14.8. The van der Waals surface area contributed by atoms with E-state index in [1.807, 2.05) is 35.2 Å². The van der Waals surface area contributed by atoms with Crippen molar-refractivity contribution in [2.75, 3.05) is 25.4 Å². The van der Waals surface area contributed by atoms with Gasteiger partial charge in [0.25, 0.3) is 5.91 Å². The summed E-state index contributed by atoms with van der Waals surface area (Å²) in [5.41, 5.74) is 6.58. The van der Waals surface area contributed by atoms with Gasteiger partial charge in [0, 0.05) is 39.8 Å². The zero-order valence-electron chi connectivity index (χ0n) is 17.1. The number of hydrogen-bond donors (Lipinski definition) is 1. The second kappa shape index (κ2) is 8.83. The molecule has 1 aliphatic rings. The summed E-state index contributed by atoms with van der Waals surface area (Å²) in [6, 6.07) is 13.0. The highest BCUT2D eigenvalue weighted by atomic mass is 32.1. The summed E-state index contributed by atoms with van der Waals surface area (Å²) in [7, 11) is 0. The molecule has 2 aromatic heterocycles. The Morgan fingerprint density at radius 3 is 2.63 bits per heavy atom. The number of piperidine rings is 1. The fourth-order valence-corrected chi connectivity index (χ4v) is 4.87. The summed E-state index contributed by atoms with van der Waals surface area (Å²) >= 11 is 1.58. The van der Waals surface area contributed by atoms with Crippen LogP contribution in [-0.4, -0.2) is 46.2 Å². The average molecular weight is 423 g/mol. The first-order valence-electron chi connectivity index (χ1n) is 10.3. The molecule has 1 saturated heterocycles. The van der Waals surface area contributed by atoms with Crippen molar-refractivity contribution in [2.24, 2.45) is 5.92 Å². The van der Waals surface area contributed by atoms with Crippen LogP contribution in [0.25, 0.3) is 10.1 Å². The van der Waals surface area contributed by atoms with Crippen molar-refractivity contribution in [3.63, 3.8) is 0 Å². The number of anilines is 1. The lowest BCUT2D eigenvalue weighted by Crippen LogP contribution is -2.45. The van der Waals surface area contributed by atoms with Crippen LogP contribution in [0.15, 0.2) is 48.7 Å². The Morgan fingerprint density at radius 2 is 1.93 bits per heavy atom. The average Bonchev–Trinajstić information content (AvgIpc) is 3.18. The molecule has 3 heterocycles. The molecular formula is C23H26N4O2S. The van der Waals surface area contributed by atoms with E-state index in [1.165, 1.54) is 0 Å². The van der Waals surface area contributed by atoms with Crippen molar-refractivity contribution < 1.29 is 9.59 Å². The van der Waals surface area contributed by atoms with E-state index in [-0.39, 0.29) is 18.4 Å². The van der Waals surface area contributed by atoms with Gasteiger partial charge in [0.05, 0.1) is 6.54 Å². The Labute approximate surface area is 180 Å². The minimum absolute atomic E-state index is 0.00785. The fraction of sp³-hybridized carbons (Fsp3) is 0.348. The molecule has 3 aromatic rings. The van der Waals surface area contributed by atoms with Gasteiger partial charge in [-0.3, -0.25) is 9.59 Å². The number of nitrogens with two attached hydrogens (primary N) is 1. The molecule has 1 fully saturated rings. The van der Waals surface area contributed by atoms with Crippen molar-refractivity contribution in [1.29, 1.82) is 0 Å². The van der Waals surface area contributed by atoms with Crippen LogP contribution in [0.3, 0.4) is 0 Å². The number of carbonyl (C=O) groups excluding carboxylic acids is 2. The zero-order chi connectivity index (χ0) is 21.1. The Bertz CT molecular complexity index is 1040. The van der Waals surface area contributed by atoms with Crippen molar-refractivity contribution in [2.45, 2.75) is 26.3 Å². The molecule has 0 spiro atoms. The molecule has 0 aliphatic carbocycles. The summed E-state index contributed by atoms with van der Waals surface area (Å²) in [5.74, 6) is 0.995. The van der Waals surface area contributed by atoms with Crippen LogP contribution in [0.2, 0.25) is 0 Å². The smallest absolute Gasteiger partial charge is 0.254 e. The molecule has 2 amide bonds. The van der Waals surface area contributed by atoms with Crippen molar-refractivity contribution in [1.82, 2.24) is 14.8 Å². The minimum atomic E-state index is -0.141. The Morgan fingerprint density at radius 1 is 1.20 bits per heavy atom. The van der Waals surface area contributed by atoms with Gasteiger partial charge < -0.3 is 15.5 Å². The maximum absolute atomic E-state index is 13.2. The first-order chi connectivity index (χ1) is 14.5. The molecule has 1 aliphatic heterocycles. The highest BCUT2D eigenvalue weighted by Gasteiger charge is 2.25. The zero-order valence-corrected chi connectivity index (χ0v) is 17.9. The highest BCUT2D eigenvalue weighted by Crippen LogP contribution is 2.29. The van der Waals surface area contributed by atoms with E-state index in [9.17, 15) is 9.59 Å². The Balaban J connectivity index is 1.57. The molecule has 0 atom stereocenters. The van der Waals surface area contributed by atoms with Crippen LogP contribution >= 0.6 is 11.3 Å². The number of nitrogens with zero attached hydrogens (tertiary/aromatic N) is 3. The Kier molecular flexibility index (Phi) is 5.99. The number of fused-ring (bicyclic) bond motifs is 1. The maximum atomic E-state index is 13.2. The summed E-state index contributed by atoms with van der Waals surface area (Å²) in [4.78, 5) is 34.8. The lowest BCUT2D eigenvalue weighted by Gasteiger charge is -2.32. The number of amides is 2. The van der Waals surface area contributed by atoms with Crippen LogP contribution in [-0.2, 0) is 11.3 Å². The topological polar surface area (TPSA) is 79.5 Å². The number of hydrogen-bond acceptors (Lipinski definition) is 5. The predicted molar refractivity (Wildman–Crippen MR) is 120 cm³/mol. The molecule has 7 heteroatoms. The number of pyridine rings is 1. The largest absolute Gasteiger partial charge is 0.383 e. The molecule has 0 bridgehead atoms. The number of rotatable bonds is 5. The van der Waals surface area contributed by atoms with Gasteiger partial charge in [-0.25, -0.2) is 4.98 Å². The lowest BCUT2D eigenvalue weighted by molar-refractivity contribution is -0.133. The molecule has 6 nitrogen and oxygen atoms in total. The molecule has 30 heavy (non-hydrogen) atoms. The third-order valence-electron chi connectivity index (χ3n) is 5.64. The van der Waals surface area contributed by atoms with Crippen LogP contribution in [0, 0.1) is 5.92 Å². The molecule has 0 saturated carbocycles. The molecule has 0 unspecified atom stereocenters. The summed E-state index contributed by atoms with van der Waals surface area (Å²) in [6.45, 7) is 4.18. The third-order valence-corrected chi connectivity index (χ3v) is 6.73. The van der Waals surface area contributed by atoms with Crippen molar-refractivity contribution in [3.05, 3.63) is 59.1 Å². The summed E-state index contributed by atoms with van der Waals surface area (Å²) in [5, 5.41) is 0.890. The van der Waals surface area contributed by atoms with Gasteiger partial charge >= 0.3 is 0 Å². The van der Waals surface area contributed by atoms with Gasteiger partial charge in [0.2, 0.25) is 5.91 Å². The Hall–Kier alpha value is -2.93. The molecule has 0 radical (unpaired) electrons. The van der Waals surface area contributed by atoms with Crippen LogP contribution in [0.5, 0.6) is 0 Å². The standard InChI is InChI=1S/C23H26N4O2S/c1-16-8-11-26(12-9-16)21(28)15-27(23(29)17-5-3-2-4-6-17)14-18-13-19-20(30-18)7-10-25-22(19)24/h2-7,10,13,16H,8-9,11-12,14-15H2,1H3,(H2,24,25). The van der Waals surface area contributed by atoms with E-state index >= 15 is 0 Å². The van der Waals surface area contributed by atoms with Crippen LogP contribution in [0.1, 0.15) is 35.0 Å². The highest BCUT2D eigenvalue weighted by molar-refractivity contribution is 7.19. The van der Waals surface area contributed by atoms with E-state index in [2.05, 4.69) is 11.9 Å². The van der Waals surface area contributed by atoms with Gasteiger partial charge in [-0.2, -0.15) is 0 Å². The summed E-state index contributed by atoms with van der Waals surface area (Å²) in [6.07, 6.45) is 3.72.